The number of nitrogens with zero attached hydrogens (tertiary/aromatic N) is 1. The highest BCUT2D eigenvalue weighted by Gasteiger charge is 2.32. The lowest BCUT2D eigenvalue weighted by molar-refractivity contribution is -0.142. The van der Waals surface area contributed by atoms with Crippen molar-refractivity contribution in [1.82, 2.24) is 15.5 Å². The maximum atomic E-state index is 12.9. The fraction of sp³-hybridized carbons (Fsp3) is 0.591. The first kappa shape index (κ1) is 23.7. The second-order valence-electron chi connectivity index (χ2n) is 8.03. The minimum Gasteiger partial charge on any atom is -0.354 e. The molecule has 0 bridgehead atoms. The predicted octanol–water partition coefficient (Wildman–Crippen LogP) is 2.73. The van der Waals surface area contributed by atoms with Gasteiger partial charge in [-0.05, 0) is 30.7 Å². The molecule has 0 radical (unpaired) electrons. The Hall–Kier alpha value is -2.37. The van der Waals surface area contributed by atoms with Gasteiger partial charge in [-0.3, -0.25) is 14.4 Å². The Morgan fingerprint density at radius 1 is 0.964 bits per heavy atom. The van der Waals surface area contributed by atoms with Gasteiger partial charge in [0.25, 0.3) is 0 Å². The van der Waals surface area contributed by atoms with Crippen molar-refractivity contribution in [2.45, 2.75) is 66.6 Å². The average Bonchev–Trinajstić information content (AvgIpc) is 2.61. The number of carbonyl (C=O) groups excluding carboxylic acids is 3. The van der Waals surface area contributed by atoms with Crippen LogP contribution in [-0.2, 0) is 20.9 Å². The van der Waals surface area contributed by atoms with E-state index in [0.29, 0.717) is 19.0 Å². The van der Waals surface area contributed by atoms with E-state index in [2.05, 4.69) is 24.5 Å². The van der Waals surface area contributed by atoms with Crippen LogP contribution in [-0.4, -0.2) is 41.2 Å². The highest BCUT2D eigenvalue weighted by molar-refractivity contribution is 5.91. The van der Waals surface area contributed by atoms with E-state index in [1.54, 1.807) is 11.8 Å². The largest absolute Gasteiger partial charge is 0.354 e. The number of hydrogen-bond donors (Lipinski definition) is 2. The molecule has 0 aliphatic heterocycles. The minimum absolute atomic E-state index is 0.0937. The molecule has 0 fully saturated rings. The van der Waals surface area contributed by atoms with E-state index < -0.39 is 12.1 Å². The second kappa shape index (κ2) is 11.5. The maximum absolute atomic E-state index is 12.9. The molecule has 1 aromatic carbocycles. The third-order valence-corrected chi connectivity index (χ3v) is 4.61. The highest BCUT2D eigenvalue weighted by atomic mass is 16.2. The van der Waals surface area contributed by atoms with Gasteiger partial charge in [-0.1, -0.05) is 58.0 Å². The average molecular weight is 390 g/mol. The molecule has 1 rings (SSSR count). The quantitative estimate of drug-likeness (QED) is 0.646. The van der Waals surface area contributed by atoms with Crippen molar-refractivity contribution < 1.29 is 14.4 Å². The molecule has 2 unspecified atom stereocenters. The van der Waals surface area contributed by atoms with Crippen LogP contribution in [0.1, 0.15) is 53.5 Å². The molecule has 2 atom stereocenters. The molecule has 0 aromatic heterocycles. The first-order valence-electron chi connectivity index (χ1n) is 10.0. The van der Waals surface area contributed by atoms with Crippen LogP contribution in [0.4, 0.5) is 0 Å². The first-order chi connectivity index (χ1) is 13.1. The molecule has 28 heavy (non-hydrogen) atoms. The third-order valence-electron chi connectivity index (χ3n) is 4.61. The molecule has 1 aromatic rings. The Labute approximate surface area is 169 Å². The van der Waals surface area contributed by atoms with Gasteiger partial charge in [0.1, 0.15) is 12.1 Å². The minimum atomic E-state index is -0.661. The molecule has 0 heterocycles. The van der Waals surface area contributed by atoms with E-state index >= 15 is 0 Å². The molecule has 0 saturated carbocycles. The van der Waals surface area contributed by atoms with Crippen LogP contribution >= 0.6 is 0 Å². The van der Waals surface area contributed by atoms with Crippen LogP contribution in [0.2, 0.25) is 0 Å². The Kier molecular flexibility index (Phi) is 9.69. The van der Waals surface area contributed by atoms with Crippen molar-refractivity contribution in [3.63, 3.8) is 0 Å². The summed E-state index contributed by atoms with van der Waals surface area (Å²) >= 11 is 0. The zero-order valence-electron chi connectivity index (χ0n) is 18.0. The highest BCUT2D eigenvalue weighted by Crippen LogP contribution is 2.16. The number of nitrogens with one attached hydrogen (secondary N) is 2. The Balaban J connectivity index is 2.82. The Morgan fingerprint density at radius 2 is 1.57 bits per heavy atom. The van der Waals surface area contributed by atoms with Crippen LogP contribution in [0.3, 0.4) is 0 Å². The monoisotopic (exact) mass is 389 g/mol. The number of amides is 3. The standard InChI is InChI=1S/C22H35N3O3/c1-15(2)12-13-23-21(27)17(5)24-22(28)20(16(3)4)25(18(6)26)14-19-10-8-7-9-11-19/h7-11,15-17,20H,12-14H2,1-6H3,(H,23,27)(H,24,28). The fourth-order valence-corrected chi connectivity index (χ4v) is 2.99. The molecule has 0 saturated heterocycles. The number of rotatable bonds is 10. The molecule has 0 aliphatic rings. The smallest absolute Gasteiger partial charge is 0.243 e. The molecule has 0 spiro atoms. The normalized spacial score (nSPS) is 13.1. The summed E-state index contributed by atoms with van der Waals surface area (Å²) in [6.45, 7) is 12.0. The number of carbonyl (C=O) groups is 3. The summed E-state index contributed by atoms with van der Waals surface area (Å²) in [4.78, 5) is 39.0. The van der Waals surface area contributed by atoms with Gasteiger partial charge in [0.2, 0.25) is 17.7 Å². The lowest BCUT2D eigenvalue weighted by Gasteiger charge is -2.33. The SMILES string of the molecule is CC(=O)N(Cc1ccccc1)C(C(=O)NC(C)C(=O)NCCC(C)C)C(C)C. The summed E-state index contributed by atoms with van der Waals surface area (Å²) in [6.07, 6.45) is 0.885. The molecular weight excluding hydrogens is 354 g/mol. The first-order valence-corrected chi connectivity index (χ1v) is 10.0. The fourth-order valence-electron chi connectivity index (χ4n) is 2.99. The van der Waals surface area contributed by atoms with E-state index in [-0.39, 0.29) is 23.6 Å². The topological polar surface area (TPSA) is 78.5 Å². The van der Waals surface area contributed by atoms with Crippen LogP contribution < -0.4 is 10.6 Å². The predicted molar refractivity (Wildman–Crippen MR) is 111 cm³/mol. The van der Waals surface area contributed by atoms with E-state index in [1.807, 2.05) is 44.2 Å². The lowest BCUT2D eigenvalue weighted by Crippen LogP contribution is -2.55. The molecule has 6 heteroatoms. The molecular formula is C22H35N3O3. The summed E-state index contributed by atoms with van der Waals surface area (Å²) in [5, 5.41) is 5.62. The van der Waals surface area contributed by atoms with Crippen molar-refractivity contribution in [2.24, 2.45) is 11.8 Å². The Bertz CT molecular complexity index is 644. The summed E-state index contributed by atoms with van der Waals surface area (Å²) in [7, 11) is 0. The summed E-state index contributed by atoms with van der Waals surface area (Å²) in [6, 6.07) is 8.26. The van der Waals surface area contributed by atoms with Crippen LogP contribution in [0, 0.1) is 11.8 Å². The Morgan fingerprint density at radius 3 is 2.07 bits per heavy atom. The summed E-state index contributed by atoms with van der Waals surface area (Å²) in [5.74, 6) is -0.297. The second-order valence-corrected chi connectivity index (χ2v) is 8.03. The number of hydrogen-bond acceptors (Lipinski definition) is 3. The van der Waals surface area contributed by atoms with Gasteiger partial charge in [-0.25, -0.2) is 0 Å². The molecule has 0 aliphatic carbocycles. The van der Waals surface area contributed by atoms with Gasteiger partial charge in [0, 0.05) is 20.0 Å². The van der Waals surface area contributed by atoms with Gasteiger partial charge in [-0.2, -0.15) is 0 Å². The lowest BCUT2D eigenvalue weighted by atomic mass is 10.00. The van der Waals surface area contributed by atoms with Crippen molar-refractivity contribution in [2.75, 3.05) is 6.54 Å². The zero-order valence-corrected chi connectivity index (χ0v) is 18.0. The number of benzene rings is 1. The van der Waals surface area contributed by atoms with Crippen molar-refractivity contribution in [1.29, 1.82) is 0 Å². The van der Waals surface area contributed by atoms with Gasteiger partial charge >= 0.3 is 0 Å². The van der Waals surface area contributed by atoms with E-state index in [0.717, 1.165) is 12.0 Å². The van der Waals surface area contributed by atoms with Crippen molar-refractivity contribution in [3.8, 4) is 0 Å². The molecule has 2 N–H and O–H groups in total. The maximum Gasteiger partial charge on any atom is 0.243 e. The zero-order chi connectivity index (χ0) is 21.3. The van der Waals surface area contributed by atoms with Crippen molar-refractivity contribution >= 4 is 17.7 Å². The van der Waals surface area contributed by atoms with Crippen molar-refractivity contribution in [3.05, 3.63) is 35.9 Å². The summed E-state index contributed by atoms with van der Waals surface area (Å²) in [5.41, 5.74) is 0.954. The van der Waals surface area contributed by atoms with Crippen LogP contribution in [0.5, 0.6) is 0 Å². The van der Waals surface area contributed by atoms with Gasteiger partial charge in [0.05, 0.1) is 0 Å². The molecule has 3 amide bonds. The third kappa shape index (κ3) is 7.71. The molecule has 156 valence electrons. The molecule has 6 nitrogen and oxygen atoms in total. The van der Waals surface area contributed by atoms with E-state index in [9.17, 15) is 14.4 Å². The summed E-state index contributed by atoms with van der Waals surface area (Å²) < 4.78 is 0. The van der Waals surface area contributed by atoms with E-state index in [4.69, 9.17) is 0 Å². The van der Waals surface area contributed by atoms with Crippen LogP contribution in [0.25, 0.3) is 0 Å². The van der Waals surface area contributed by atoms with E-state index in [1.165, 1.54) is 6.92 Å². The van der Waals surface area contributed by atoms with Gasteiger partial charge in [0.15, 0.2) is 0 Å². The van der Waals surface area contributed by atoms with Crippen LogP contribution in [0.15, 0.2) is 30.3 Å². The van der Waals surface area contributed by atoms with Gasteiger partial charge < -0.3 is 15.5 Å². The van der Waals surface area contributed by atoms with Gasteiger partial charge in [-0.15, -0.1) is 0 Å².